The lowest BCUT2D eigenvalue weighted by molar-refractivity contribution is 0.871. The smallest absolute Gasteiger partial charge is 0.216 e. The Morgan fingerprint density at radius 1 is 1.17 bits per heavy atom. The van der Waals surface area contributed by atoms with Gasteiger partial charge in [-0.2, -0.15) is 20.1 Å². The quantitative estimate of drug-likeness (QED) is 0.591. The van der Waals surface area contributed by atoms with E-state index in [-0.39, 0.29) is 0 Å². The first-order valence-corrected chi connectivity index (χ1v) is 7.37. The Bertz CT molecular complexity index is 940. The summed E-state index contributed by atoms with van der Waals surface area (Å²) in [5.74, 6) is 0.653. The molecule has 0 aliphatic heterocycles. The minimum Gasteiger partial charge on any atom is -0.250 e. The Labute approximate surface area is 138 Å². The van der Waals surface area contributed by atoms with Gasteiger partial charge in [0, 0.05) is 5.56 Å². The molecule has 0 radical (unpaired) electrons. The van der Waals surface area contributed by atoms with Gasteiger partial charge in [0.1, 0.15) is 0 Å². The third kappa shape index (κ3) is 3.25. The van der Waals surface area contributed by atoms with Crippen molar-refractivity contribution in [1.82, 2.24) is 14.9 Å². The summed E-state index contributed by atoms with van der Waals surface area (Å²) in [6, 6.07) is 17.2. The molecule has 0 bridgehead atoms. The second-order valence-electron chi connectivity index (χ2n) is 5.01. The van der Waals surface area contributed by atoms with Crippen molar-refractivity contribution in [3.63, 3.8) is 0 Å². The Balaban J connectivity index is 1.95. The SMILES string of the molecule is Cc1ccc(-c2n[nH]c(=S)n2/N=C\c2ccc(C#N)cc2)cc1. The minimum atomic E-state index is 0.422. The summed E-state index contributed by atoms with van der Waals surface area (Å²) in [7, 11) is 0. The number of hydrogen-bond donors (Lipinski definition) is 1. The number of aromatic nitrogens is 3. The zero-order chi connectivity index (χ0) is 16.2. The van der Waals surface area contributed by atoms with E-state index in [9.17, 15) is 0 Å². The number of H-pyrrole nitrogens is 1. The Morgan fingerprint density at radius 2 is 1.87 bits per heavy atom. The van der Waals surface area contributed by atoms with Crippen LogP contribution in [0.15, 0.2) is 53.6 Å². The molecule has 2 aromatic carbocycles. The van der Waals surface area contributed by atoms with E-state index in [2.05, 4.69) is 21.4 Å². The largest absolute Gasteiger partial charge is 0.250 e. The van der Waals surface area contributed by atoms with Crippen molar-refractivity contribution in [1.29, 1.82) is 5.26 Å². The van der Waals surface area contributed by atoms with Crippen LogP contribution < -0.4 is 0 Å². The van der Waals surface area contributed by atoms with Crippen molar-refractivity contribution in [2.75, 3.05) is 0 Å². The molecule has 0 aliphatic rings. The zero-order valence-electron chi connectivity index (χ0n) is 12.4. The summed E-state index contributed by atoms with van der Waals surface area (Å²) in [6.07, 6.45) is 1.68. The molecule has 3 aromatic rings. The second-order valence-corrected chi connectivity index (χ2v) is 5.40. The van der Waals surface area contributed by atoms with Crippen molar-refractivity contribution in [2.45, 2.75) is 6.92 Å². The van der Waals surface area contributed by atoms with Crippen molar-refractivity contribution >= 4 is 18.4 Å². The van der Waals surface area contributed by atoms with Crippen LogP contribution in [0.4, 0.5) is 0 Å². The van der Waals surface area contributed by atoms with Crippen LogP contribution in [0, 0.1) is 23.0 Å². The fourth-order valence-corrected chi connectivity index (χ4v) is 2.24. The summed E-state index contributed by atoms with van der Waals surface area (Å²) in [6.45, 7) is 2.03. The number of aromatic amines is 1. The maximum absolute atomic E-state index is 8.81. The molecule has 0 unspecified atom stereocenters. The molecule has 0 fully saturated rings. The van der Waals surface area contributed by atoms with Crippen molar-refractivity contribution in [3.8, 4) is 17.5 Å². The van der Waals surface area contributed by atoms with E-state index in [1.165, 1.54) is 5.56 Å². The van der Waals surface area contributed by atoms with Gasteiger partial charge in [-0.3, -0.25) is 0 Å². The van der Waals surface area contributed by atoms with Gasteiger partial charge in [0.15, 0.2) is 5.82 Å². The van der Waals surface area contributed by atoms with Gasteiger partial charge in [-0.25, -0.2) is 5.10 Å². The van der Waals surface area contributed by atoms with Gasteiger partial charge in [0.25, 0.3) is 0 Å². The summed E-state index contributed by atoms with van der Waals surface area (Å²) < 4.78 is 2.00. The summed E-state index contributed by atoms with van der Waals surface area (Å²) in [5.41, 5.74) is 3.60. The predicted octanol–water partition coefficient (Wildman–Crippen LogP) is 3.67. The lowest BCUT2D eigenvalue weighted by Gasteiger charge is -2.01. The monoisotopic (exact) mass is 319 g/mol. The van der Waals surface area contributed by atoms with E-state index in [0.717, 1.165) is 11.1 Å². The van der Waals surface area contributed by atoms with E-state index in [1.54, 1.807) is 23.0 Å². The third-order valence-corrected chi connectivity index (χ3v) is 3.59. The molecule has 0 saturated heterocycles. The van der Waals surface area contributed by atoms with E-state index in [0.29, 0.717) is 16.2 Å². The number of hydrogen-bond acceptors (Lipinski definition) is 4. The minimum absolute atomic E-state index is 0.422. The normalized spacial score (nSPS) is 10.8. The Morgan fingerprint density at radius 3 is 2.52 bits per heavy atom. The van der Waals surface area contributed by atoms with Crippen LogP contribution in [0.5, 0.6) is 0 Å². The van der Waals surface area contributed by atoms with Gasteiger partial charge in [-0.15, -0.1) is 0 Å². The standard InChI is InChI=1S/C17H13N5S/c1-12-2-8-15(9-3-12)16-20-21-17(23)22(16)19-11-14-6-4-13(10-18)5-7-14/h2-9,11H,1H3,(H,21,23)/b19-11-. The van der Waals surface area contributed by atoms with Gasteiger partial charge in [-0.05, 0) is 36.8 Å². The molecule has 1 N–H and O–H groups in total. The van der Waals surface area contributed by atoms with Gasteiger partial charge in [-0.1, -0.05) is 42.0 Å². The molecular formula is C17H13N5S. The molecule has 6 heteroatoms. The lowest BCUT2D eigenvalue weighted by atomic mass is 10.1. The average molecular weight is 319 g/mol. The van der Waals surface area contributed by atoms with Crippen molar-refractivity contribution in [2.24, 2.45) is 5.10 Å². The molecule has 0 spiro atoms. The van der Waals surface area contributed by atoms with Crippen molar-refractivity contribution in [3.05, 3.63) is 70.0 Å². The topological polar surface area (TPSA) is 69.8 Å². The summed E-state index contributed by atoms with van der Waals surface area (Å²) in [4.78, 5) is 0. The van der Waals surface area contributed by atoms with Crippen LogP contribution >= 0.6 is 12.2 Å². The fourth-order valence-electron chi connectivity index (χ4n) is 2.06. The van der Waals surface area contributed by atoms with Gasteiger partial charge in [0.05, 0.1) is 17.8 Å². The molecule has 3 rings (SSSR count). The molecule has 1 aromatic heterocycles. The first-order valence-electron chi connectivity index (χ1n) is 6.96. The highest BCUT2D eigenvalue weighted by atomic mass is 32.1. The first-order chi connectivity index (χ1) is 11.2. The third-order valence-electron chi connectivity index (χ3n) is 3.32. The summed E-state index contributed by atoms with van der Waals surface area (Å²) in [5, 5.41) is 20.2. The molecule has 23 heavy (non-hydrogen) atoms. The van der Waals surface area contributed by atoms with Crippen LogP contribution in [-0.4, -0.2) is 21.1 Å². The molecule has 1 heterocycles. The van der Waals surface area contributed by atoms with E-state index >= 15 is 0 Å². The number of nitriles is 1. The number of aryl methyl sites for hydroxylation is 1. The maximum Gasteiger partial charge on any atom is 0.216 e. The number of rotatable bonds is 3. The van der Waals surface area contributed by atoms with E-state index < -0.39 is 0 Å². The van der Waals surface area contributed by atoms with Crippen molar-refractivity contribution < 1.29 is 0 Å². The highest BCUT2D eigenvalue weighted by molar-refractivity contribution is 7.71. The van der Waals surface area contributed by atoms with Gasteiger partial charge >= 0.3 is 0 Å². The lowest BCUT2D eigenvalue weighted by Crippen LogP contribution is -1.95. The molecule has 0 atom stereocenters. The predicted molar refractivity (Wildman–Crippen MR) is 91.7 cm³/mol. The fraction of sp³-hybridized carbons (Fsp3) is 0.0588. The number of nitrogens with one attached hydrogen (secondary N) is 1. The van der Waals surface area contributed by atoms with E-state index in [1.807, 2.05) is 43.3 Å². The molecule has 0 saturated carbocycles. The molecule has 0 amide bonds. The molecule has 112 valence electrons. The molecule has 0 aliphatic carbocycles. The van der Waals surface area contributed by atoms with Gasteiger partial charge < -0.3 is 0 Å². The van der Waals surface area contributed by atoms with Crippen LogP contribution in [0.25, 0.3) is 11.4 Å². The summed E-state index contributed by atoms with van der Waals surface area (Å²) >= 11 is 5.24. The first kappa shape index (κ1) is 14.9. The van der Waals surface area contributed by atoms with E-state index in [4.69, 9.17) is 17.5 Å². The second kappa shape index (κ2) is 6.38. The Hall–Kier alpha value is -3.04. The molecular weight excluding hydrogens is 306 g/mol. The highest BCUT2D eigenvalue weighted by Gasteiger charge is 2.07. The number of benzene rings is 2. The van der Waals surface area contributed by atoms with Gasteiger partial charge in [0.2, 0.25) is 4.77 Å². The zero-order valence-corrected chi connectivity index (χ0v) is 13.2. The van der Waals surface area contributed by atoms with Crippen LogP contribution in [0.2, 0.25) is 0 Å². The highest BCUT2D eigenvalue weighted by Crippen LogP contribution is 2.17. The average Bonchev–Trinajstić information content (AvgIpc) is 2.95. The number of nitrogens with zero attached hydrogens (tertiary/aromatic N) is 4. The molecule has 5 nitrogen and oxygen atoms in total. The Kier molecular flexibility index (Phi) is 4.13. The maximum atomic E-state index is 8.81. The van der Waals surface area contributed by atoms with Crippen LogP contribution in [0.3, 0.4) is 0 Å². The van der Waals surface area contributed by atoms with Crippen LogP contribution in [0.1, 0.15) is 16.7 Å². The van der Waals surface area contributed by atoms with Crippen LogP contribution in [-0.2, 0) is 0 Å².